The van der Waals surface area contributed by atoms with Gasteiger partial charge in [0.1, 0.15) is 0 Å². The number of nitrogens with zero attached hydrogens (tertiary/aromatic N) is 2. The van der Waals surface area contributed by atoms with Gasteiger partial charge in [-0.1, -0.05) is 6.07 Å². The zero-order valence-electron chi connectivity index (χ0n) is 13.8. The van der Waals surface area contributed by atoms with Crippen LogP contribution in [0.2, 0.25) is 0 Å². The highest BCUT2D eigenvalue weighted by Gasteiger charge is 2.21. The molecule has 0 saturated carbocycles. The molecule has 0 radical (unpaired) electrons. The summed E-state index contributed by atoms with van der Waals surface area (Å²) >= 11 is 1.66. The number of hydrogen-bond acceptors (Lipinski definition) is 4. The van der Waals surface area contributed by atoms with Crippen molar-refractivity contribution in [3.05, 3.63) is 70.2 Å². The maximum atomic E-state index is 13.1. The van der Waals surface area contributed by atoms with Gasteiger partial charge >= 0.3 is 0 Å². The molecule has 0 atom stereocenters. The summed E-state index contributed by atoms with van der Waals surface area (Å²) in [4.78, 5) is 16.1. The van der Waals surface area contributed by atoms with Gasteiger partial charge in [-0.05, 0) is 41.8 Å². The van der Waals surface area contributed by atoms with E-state index in [2.05, 4.69) is 6.07 Å². The van der Waals surface area contributed by atoms with Crippen LogP contribution < -0.4 is 9.47 Å². The zero-order valence-corrected chi connectivity index (χ0v) is 14.7. The van der Waals surface area contributed by atoms with Crippen molar-refractivity contribution in [3.63, 3.8) is 0 Å². The third-order valence-electron chi connectivity index (χ3n) is 4.24. The number of amides is 1. The molecule has 1 aliphatic rings. The van der Waals surface area contributed by atoms with E-state index < -0.39 is 0 Å². The average molecular weight is 354 g/mol. The highest BCUT2D eigenvalue weighted by molar-refractivity contribution is 7.09. The van der Waals surface area contributed by atoms with Gasteiger partial charge in [-0.25, -0.2) is 0 Å². The third kappa shape index (κ3) is 3.25. The molecular weight excluding hydrogens is 336 g/mol. The minimum atomic E-state index is -0.0205. The minimum absolute atomic E-state index is 0.0205. The number of benzene rings is 1. The summed E-state index contributed by atoms with van der Waals surface area (Å²) in [5.41, 5.74) is 1.70. The van der Waals surface area contributed by atoms with E-state index in [1.54, 1.807) is 29.5 Å². The van der Waals surface area contributed by atoms with Gasteiger partial charge in [0, 0.05) is 29.4 Å². The predicted octanol–water partition coefficient (Wildman–Crippen LogP) is 3.66. The first-order valence-corrected chi connectivity index (χ1v) is 8.90. The predicted molar refractivity (Wildman–Crippen MR) is 95.9 cm³/mol. The van der Waals surface area contributed by atoms with E-state index in [9.17, 15) is 4.79 Å². The van der Waals surface area contributed by atoms with Crippen LogP contribution in [-0.2, 0) is 20.1 Å². The van der Waals surface area contributed by atoms with Crippen LogP contribution in [0.3, 0.4) is 0 Å². The molecule has 3 heterocycles. The quantitative estimate of drug-likeness (QED) is 0.702. The van der Waals surface area contributed by atoms with Crippen molar-refractivity contribution >= 4 is 17.2 Å². The summed E-state index contributed by atoms with van der Waals surface area (Å²) in [6, 6.07) is 13.4. The largest absolute Gasteiger partial charge is 0.454 e. The van der Waals surface area contributed by atoms with Crippen LogP contribution in [0.4, 0.5) is 0 Å². The first kappa shape index (κ1) is 15.8. The Hall–Kier alpha value is -2.73. The second-order valence-electron chi connectivity index (χ2n) is 5.92. The topological polar surface area (TPSA) is 43.7 Å². The normalized spacial score (nSPS) is 12.4. The van der Waals surface area contributed by atoms with Crippen LogP contribution in [-0.4, -0.2) is 22.2 Å². The van der Waals surface area contributed by atoms with Crippen molar-refractivity contribution in [1.82, 2.24) is 9.47 Å². The molecule has 4 rings (SSSR count). The van der Waals surface area contributed by atoms with Crippen molar-refractivity contribution in [2.24, 2.45) is 7.05 Å². The summed E-state index contributed by atoms with van der Waals surface area (Å²) in [6.45, 7) is 1.33. The molecular formula is C19H18N2O3S. The molecule has 1 aromatic carbocycles. The fourth-order valence-corrected chi connectivity index (χ4v) is 3.58. The minimum Gasteiger partial charge on any atom is -0.454 e. The summed E-state index contributed by atoms with van der Waals surface area (Å²) in [5.74, 6) is 1.29. The Morgan fingerprint density at radius 3 is 2.80 bits per heavy atom. The molecule has 5 nitrogen and oxygen atoms in total. The highest BCUT2D eigenvalue weighted by Crippen LogP contribution is 2.33. The van der Waals surface area contributed by atoms with Gasteiger partial charge in [0.05, 0.1) is 13.1 Å². The van der Waals surface area contributed by atoms with Gasteiger partial charge < -0.3 is 18.9 Å². The van der Waals surface area contributed by atoms with Crippen molar-refractivity contribution in [2.75, 3.05) is 6.79 Å². The lowest BCUT2D eigenvalue weighted by Gasteiger charge is -2.23. The van der Waals surface area contributed by atoms with Gasteiger partial charge in [-0.3, -0.25) is 4.79 Å². The number of aromatic nitrogens is 1. The standard InChI is InChI=1S/C19H18N2O3S/c1-20-8-2-4-15(20)11-21(12-16-5-3-9-25-16)19(22)14-6-7-17-18(10-14)24-13-23-17/h2-10H,11-13H2,1H3. The number of carbonyl (C=O) groups excluding carboxylic acids is 1. The number of rotatable bonds is 5. The lowest BCUT2D eigenvalue weighted by molar-refractivity contribution is 0.0728. The number of hydrogen-bond donors (Lipinski definition) is 0. The van der Waals surface area contributed by atoms with Crippen molar-refractivity contribution < 1.29 is 14.3 Å². The van der Waals surface area contributed by atoms with Crippen LogP contribution in [0.15, 0.2) is 54.0 Å². The number of aryl methyl sites for hydroxylation is 1. The first-order valence-electron chi connectivity index (χ1n) is 8.02. The van der Waals surface area contributed by atoms with Crippen molar-refractivity contribution in [1.29, 1.82) is 0 Å². The third-order valence-corrected chi connectivity index (χ3v) is 5.10. The van der Waals surface area contributed by atoms with Crippen LogP contribution in [0.25, 0.3) is 0 Å². The monoisotopic (exact) mass is 354 g/mol. The van der Waals surface area contributed by atoms with Gasteiger partial charge in [-0.15, -0.1) is 11.3 Å². The van der Waals surface area contributed by atoms with Crippen molar-refractivity contribution in [2.45, 2.75) is 13.1 Å². The lowest BCUT2D eigenvalue weighted by Crippen LogP contribution is -2.30. The highest BCUT2D eigenvalue weighted by atomic mass is 32.1. The second kappa shape index (κ2) is 6.64. The maximum Gasteiger partial charge on any atom is 0.254 e. The Labute approximate surface area is 150 Å². The molecule has 0 bridgehead atoms. The van der Waals surface area contributed by atoms with Crippen molar-refractivity contribution in [3.8, 4) is 11.5 Å². The van der Waals surface area contributed by atoms with E-state index >= 15 is 0 Å². The Kier molecular flexibility index (Phi) is 4.19. The molecule has 2 aromatic heterocycles. The molecule has 6 heteroatoms. The smallest absolute Gasteiger partial charge is 0.254 e. The zero-order chi connectivity index (χ0) is 17.2. The van der Waals surface area contributed by atoms with E-state index in [1.165, 1.54) is 0 Å². The Morgan fingerprint density at radius 2 is 2.04 bits per heavy atom. The Balaban J connectivity index is 1.62. The molecule has 0 aliphatic carbocycles. The molecule has 3 aromatic rings. The summed E-state index contributed by atoms with van der Waals surface area (Å²) in [7, 11) is 1.99. The van der Waals surface area contributed by atoms with Crippen LogP contribution in [0.1, 0.15) is 20.9 Å². The summed E-state index contributed by atoms with van der Waals surface area (Å²) in [5, 5.41) is 2.03. The molecule has 128 valence electrons. The fourth-order valence-electron chi connectivity index (χ4n) is 2.86. The van der Waals surface area contributed by atoms with E-state index in [-0.39, 0.29) is 12.7 Å². The number of thiophene rings is 1. The van der Waals surface area contributed by atoms with E-state index in [0.29, 0.717) is 30.2 Å². The van der Waals surface area contributed by atoms with Crippen LogP contribution in [0.5, 0.6) is 11.5 Å². The van der Waals surface area contributed by atoms with Crippen LogP contribution in [0, 0.1) is 0 Å². The number of fused-ring (bicyclic) bond motifs is 1. The Bertz CT molecular complexity index is 886. The lowest BCUT2D eigenvalue weighted by atomic mass is 10.1. The number of ether oxygens (including phenoxy) is 2. The molecule has 25 heavy (non-hydrogen) atoms. The van der Waals surface area contributed by atoms with Gasteiger partial charge in [0.25, 0.3) is 5.91 Å². The second-order valence-corrected chi connectivity index (χ2v) is 6.95. The van der Waals surface area contributed by atoms with E-state index in [4.69, 9.17) is 9.47 Å². The maximum absolute atomic E-state index is 13.1. The molecule has 0 N–H and O–H groups in total. The average Bonchev–Trinajstić information content (AvgIpc) is 3.36. The molecule has 0 saturated heterocycles. The molecule has 1 aliphatic heterocycles. The Morgan fingerprint density at radius 1 is 1.16 bits per heavy atom. The molecule has 0 spiro atoms. The van der Waals surface area contributed by atoms with Gasteiger partial charge in [-0.2, -0.15) is 0 Å². The van der Waals surface area contributed by atoms with E-state index in [0.717, 1.165) is 10.6 Å². The number of carbonyl (C=O) groups is 1. The fraction of sp³-hybridized carbons (Fsp3) is 0.211. The molecule has 0 fully saturated rings. The molecule has 1 amide bonds. The van der Waals surface area contributed by atoms with Gasteiger partial charge in [0.2, 0.25) is 6.79 Å². The summed E-state index contributed by atoms with van der Waals surface area (Å²) in [6.07, 6.45) is 1.99. The molecule has 0 unspecified atom stereocenters. The SMILES string of the molecule is Cn1cccc1CN(Cc1cccs1)C(=O)c1ccc2c(c1)OCO2. The van der Waals surface area contributed by atoms with Gasteiger partial charge in [0.15, 0.2) is 11.5 Å². The van der Waals surface area contributed by atoms with Crippen LogP contribution >= 0.6 is 11.3 Å². The van der Waals surface area contributed by atoms with E-state index in [1.807, 2.05) is 46.3 Å². The summed E-state index contributed by atoms with van der Waals surface area (Å²) < 4.78 is 12.8. The first-order chi connectivity index (χ1) is 12.2.